The van der Waals surface area contributed by atoms with Gasteiger partial charge in [-0.3, -0.25) is 0 Å². The fraction of sp³-hybridized carbons (Fsp3) is 0.286. The van der Waals surface area contributed by atoms with Crippen molar-refractivity contribution in [3.63, 3.8) is 0 Å². The molecular weight excluding hydrogens is 256 g/mol. The Kier molecular flexibility index (Phi) is 4.60. The van der Waals surface area contributed by atoms with Crippen LogP contribution in [0.1, 0.15) is 16.8 Å². The zero-order valence-corrected chi connectivity index (χ0v) is 11.4. The highest BCUT2D eigenvalue weighted by Crippen LogP contribution is 2.18. The maximum Gasteiger partial charge on any atom is 0.340 e. The topological polar surface area (TPSA) is 82.2 Å². The molecule has 0 radical (unpaired) electrons. The summed E-state index contributed by atoms with van der Waals surface area (Å²) < 4.78 is 6.71. The molecule has 0 atom stereocenters. The number of aromatic nitrogens is 2. The van der Waals surface area contributed by atoms with Gasteiger partial charge in [0.1, 0.15) is 0 Å². The predicted octanol–water partition coefficient (Wildman–Crippen LogP) is 1.75. The normalized spacial score (nSPS) is 10.2. The summed E-state index contributed by atoms with van der Waals surface area (Å²) in [6.07, 6.45) is 6.43. The van der Waals surface area contributed by atoms with Gasteiger partial charge in [0.25, 0.3) is 0 Å². The van der Waals surface area contributed by atoms with Gasteiger partial charge in [-0.25, -0.2) is 9.78 Å². The molecule has 0 saturated heterocycles. The van der Waals surface area contributed by atoms with Gasteiger partial charge >= 0.3 is 5.97 Å². The molecular formula is C14H18N4O2. The van der Waals surface area contributed by atoms with E-state index in [1.54, 1.807) is 24.7 Å². The maximum absolute atomic E-state index is 11.5. The highest BCUT2D eigenvalue weighted by Gasteiger charge is 2.10. The third-order valence-electron chi connectivity index (χ3n) is 2.94. The fourth-order valence-electron chi connectivity index (χ4n) is 1.87. The van der Waals surface area contributed by atoms with E-state index in [4.69, 9.17) is 5.73 Å². The van der Waals surface area contributed by atoms with Crippen molar-refractivity contribution >= 4 is 17.3 Å². The van der Waals surface area contributed by atoms with Crippen LogP contribution >= 0.6 is 0 Å². The summed E-state index contributed by atoms with van der Waals surface area (Å²) in [5.41, 5.74) is 7.40. The number of hydrogen-bond donors (Lipinski definition) is 2. The molecule has 1 heterocycles. The minimum absolute atomic E-state index is 0.382. The molecule has 0 fully saturated rings. The molecule has 0 bridgehead atoms. The molecule has 0 amide bonds. The van der Waals surface area contributed by atoms with Crippen molar-refractivity contribution < 1.29 is 9.53 Å². The van der Waals surface area contributed by atoms with Crippen LogP contribution in [-0.2, 0) is 11.3 Å². The van der Waals surface area contributed by atoms with E-state index in [1.165, 1.54) is 7.11 Å². The van der Waals surface area contributed by atoms with Crippen molar-refractivity contribution in [1.29, 1.82) is 0 Å². The molecule has 2 rings (SSSR count). The third kappa shape index (κ3) is 3.50. The van der Waals surface area contributed by atoms with Crippen molar-refractivity contribution in [1.82, 2.24) is 9.55 Å². The van der Waals surface area contributed by atoms with Gasteiger partial charge in [-0.1, -0.05) is 0 Å². The molecule has 0 aliphatic rings. The largest absolute Gasteiger partial charge is 0.465 e. The maximum atomic E-state index is 11.5. The number of carbonyl (C=O) groups is 1. The second-order valence-electron chi connectivity index (χ2n) is 4.37. The number of esters is 1. The Bertz CT molecular complexity index is 567. The lowest BCUT2D eigenvalue weighted by Crippen LogP contribution is -2.09. The highest BCUT2D eigenvalue weighted by atomic mass is 16.5. The lowest BCUT2D eigenvalue weighted by atomic mass is 10.1. The van der Waals surface area contributed by atoms with Gasteiger partial charge in [-0.15, -0.1) is 0 Å². The van der Waals surface area contributed by atoms with E-state index >= 15 is 0 Å². The van der Waals surface area contributed by atoms with E-state index in [1.807, 2.05) is 16.8 Å². The fourth-order valence-corrected chi connectivity index (χ4v) is 1.87. The molecule has 0 aliphatic heterocycles. The molecule has 1 aromatic carbocycles. The predicted molar refractivity (Wildman–Crippen MR) is 77.5 cm³/mol. The number of nitrogen functional groups attached to an aromatic ring is 1. The van der Waals surface area contributed by atoms with E-state index in [9.17, 15) is 4.79 Å². The van der Waals surface area contributed by atoms with Gasteiger partial charge in [-0.05, 0) is 24.6 Å². The average molecular weight is 274 g/mol. The lowest BCUT2D eigenvalue weighted by Gasteiger charge is -2.10. The van der Waals surface area contributed by atoms with Crippen LogP contribution in [0.5, 0.6) is 0 Å². The van der Waals surface area contributed by atoms with Crippen LogP contribution in [-0.4, -0.2) is 29.2 Å². The van der Waals surface area contributed by atoms with Gasteiger partial charge in [0.2, 0.25) is 0 Å². The Hall–Kier alpha value is -2.50. The van der Waals surface area contributed by atoms with Gasteiger partial charge in [-0.2, -0.15) is 0 Å². The molecule has 2 aromatic rings. The Labute approximate surface area is 117 Å². The van der Waals surface area contributed by atoms with E-state index in [-0.39, 0.29) is 0 Å². The minimum Gasteiger partial charge on any atom is -0.465 e. The van der Waals surface area contributed by atoms with Gasteiger partial charge in [0.05, 0.1) is 19.0 Å². The summed E-state index contributed by atoms with van der Waals surface area (Å²) in [6, 6.07) is 5.25. The third-order valence-corrected chi connectivity index (χ3v) is 2.94. The summed E-state index contributed by atoms with van der Waals surface area (Å²) in [6.45, 7) is 1.69. The van der Waals surface area contributed by atoms with Crippen molar-refractivity contribution in [3.05, 3.63) is 42.5 Å². The zero-order valence-electron chi connectivity index (χ0n) is 11.4. The minimum atomic E-state index is -0.426. The van der Waals surface area contributed by atoms with Crippen LogP contribution in [0.4, 0.5) is 11.4 Å². The van der Waals surface area contributed by atoms with Crippen LogP contribution in [0, 0.1) is 0 Å². The van der Waals surface area contributed by atoms with Gasteiger partial charge in [0.15, 0.2) is 0 Å². The number of nitrogens with zero attached hydrogens (tertiary/aromatic N) is 2. The Morgan fingerprint density at radius 3 is 3.05 bits per heavy atom. The number of benzene rings is 1. The van der Waals surface area contributed by atoms with Crippen LogP contribution in [0.2, 0.25) is 0 Å². The quantitative estimate of drug-likeness (QED) is 0.476. The molecule has 6 nitrogen and oxygen atoms in total. The van der Waals surface area contributed by atoms with E-state index in [0.717, 1.165) is 25.2 Å². The molecule has 106 valence electrons. The zero-order chi connectivity index (χ0) is 14.4. The Balaban J connectivity index is 1.88. The van der Waals surface area contributed by atoms with Crippen LogP contribution in [0.15, 0.2) is 36.9 Å². The molecule has 0 saturated carbocycles. The summed E-state index contributed by atoms with van der Waals surface area (Å²) in [5, 5.41) is 3.26. The molecule has 0 aliphatic carbocycles. The Morgan fingerprint density at radius 1 is 1.50 bits per heavy atom. The standard InChI is InChI=1S/C14H18N4O2/c1-20-14(19)12-9-11(3-4-13(12)15)17-5-2-7-18-8-6-16-10-18/h3-4,6,8-10,17H,2,5,7,15H2,1H3. The molecule has 1 aromatic heterocycles. The smallest absolute Gasteiger partial charge is 0.340 e. The number of ether oxygens (including phenoxy) is 1. The Morgan fingerprint density at radius 2 is 2.35 bits per heavy atom. The number of aryl methyl sites for hydroxylation is 1. The number of nitrogens with two attached hydrogens (primary N) is 1. The van der Waals surface area contributed by atoms with Gasteiger partial charge in [0, 0.05) is 36.9 Å². The van der Waals surface area contributed by atoms with E-state index in [0.29, 0.717) is 11.3 Å². The number of imidazole rings is 1. The van der Waals surface area contributed by atoms with Crippen molar-refractivity contribution in [2.24, 2.45) is 0 Å². The summed E-state index contributed by atoms with van der Waals surface area (Å²) in [7, 11) is 1.34. The number of rotatable bonds is 6. The summed E-state index contributed by atoms with van der Waals surface area (Å²) in [5.74, 6) is -0.426. The second kappa shape index (κ2) is 6.60. The average Bonchev–Trinajstić information content (AvgIpc) is 2.97. The number of methoxy groups -OCH3 is 1. The summed E-state index contributed by atoms with van der Waals surface area (Å²) >= 11 is 0. The number of anilines is 2. The molecule has 3 N–H and O–H groups in total. The van der Waals surface area contributed by atoms with E-state index < -0.39 is 5.97 Å². The number of carbonyl (C=O) groups excluding carboxylic acids is 1. The van der Waals surface area contributed by atoms with Crippen LogP contribution in [0.25, 0.3) is 0 Å². The van der Waals surface area contributed by atoms with Crippen LogP contribution < -0.4 is 11.1 Å². The monoisotopic (exact) mass is 274 g/mol. The van der Waals surface area contributed by atoms with E-state index in [2.05, 4.69) is 15.0 Å². The number of nitrogens with one attached hydrogen (secondary N) is 1. The highest BCUT2D eigenvalue weighted by molar-refractivity contribution is 5.96. The SMILES string of the molecule is COC(=O)c1cc(NCCCn2ccnc2)ccc1N. The first-order valence-electron chi connectivity index (χ1n) is 6.38. The van der Waals surface area contributed by atoms with Crippen molar-refractivity contribution in [3.8, 4) is 0 Å². The first kappa shape index (κ1) is 13.9. The van der Waals surface area contributed by atoms with Crippen molar-refractivity contribution in [2.45, 2.75) is 13.0 Å². The lowest BCUT2D eigenvalue weighted by molar-refractivity contribution is 0.0602. The van der Waals surface area contributed by atoms with Gasteiger partial charge < -0.3 is 20.4 Å². The molecule has 6 heteroatoms. The number of hydrogen-bond acceptors (Lipinski definition) is 5. The van der Waals surface area contributed by atoms with Crippen molar-refractivity contribution in [2.75, 3.05) is 24.7 Å². The van der Waals surface area contributed by atoms with Crippen LogP contribution in [0.3, 0.4) is 0 Å². The first-order chi connectivity index (χ1) is 9.70. The molecule has 0 spiro atoms. The summed E-state index contributed by atoms with van der Waals surface area (Å²) in [4.78, 5) is 15.5. The second-order valence-corrected chi connectivity index (χ2v) is 4.37. The molecule has 0 unspecified atom stereocenters. The molecule has 20 heavy (non-hydrogen) atoms. The first-order valence-corrected chi connectivity index (χ1v) is 6.38.